The summed E-state index contributed by atoms with van der Waals surface area (Å²) < 4.78 is 5.16. The van der Waals surface area contributed by atoms with Gasteiger partial charge in [-0.05, 0) is 49.9 Å². The van der Waals surface area contributed by atoms with Crippen LogP contribution in [0.1, 0.15) is 24.8 Å². The van der Waals surface area contributed by atoms with Gasteiger partial charge in [-0.15, -0.1) is 0 Å². The van der Waals surface area contributed by atoms with Crippen LogP contribution in [-0.4, -0.2) is 25.7 Å². The van der Waals surface area contributed by atoms with Crippen LogP contribution in [0.5, 0.6) is 5.75 Å². The fraction of sp³-hybridized carbons (Fsp3) is 0.571. The van der Waals surface area contributed by atoms with Gasteiger partial charge >= 0.3 is 0 Å². The number of nitrogens with two attached hydrogens (primary N) is 1. The second-order valence-electron chi connectivity index (χ2n) is 4.86. The monoisotopic (exact) mass is 234 g/mol. The van der Waals surface area contributed by atoms with Crippen molar-refractivity contribution in [1.29, 1.82) is 0 Å². The maximum atomic E-state index is 5.90. The maximum Gasteiger partial charge on any atom is 0.118 e. The van der Waals surface area contributed by atoms with E-state index in [2.05, 4.69) is 17.4 Å². The van der Waals surface area contributed by atoms with E-state index in [1.807, 2.05) is 12.1 Å². The van der Waals surface area contributed by atoms with E-state index in [1.54, 1.807) is 7.11 Å². The van der Waals surface area contributed by atoms with Gasteiger partial charge in [0.1, 0.15) is 5.75 Å². The van der Waals surface area contributed by atoms with E-state index in [9.17, 15) is 0 Å². The minimum absolute atomic E-state index is 0.180. The zero-order valence-corrected chi connectivity index (χ0v) is 10.5. The van der Waals surface area contributed by atoms with Crippen LogP contribution >= 0.6 is 0 Å². The molecule has 1 heterocycles. The quantitative estimate of drug-likeness (QED) is 0.815. The van der Waals surface area contributed by atoms with Crippen LogP contribution in [0.3, 0.4) is 0 Å². The molecule has 94 valence electrons. The Bertz CT molecular complexity index is 342. The Morgan fingerprint density at radius 1 is 1.35 bits per heavy atom. The van der Waals surface area contributed by atoms with Gasteiger partial charge < -0.3 is 15.8 Å². The molecule has 0 aromatic heterocycles. The van der Waals surface area contributed by atoms with Gasteiger partial charge in [0.25, 0.3) is 0 Å². The van der Waals surface area contributed by atoms with Crippen molar-refractivity contribution in [2.24, 2.45) is 5.73 Å². The highest BCUT2D eigenvalue weighted by Gasteiger charge is 2.31. The molecule has 0 radical (unpaired) electrons. The Kier molecular flexibility index (Phi) is 4.02. The zero-order valence-electron chi connectivity index (χ0n) is 10.5. The molecule has 1 saturated heterocycles. The largest absolute Gasteiger partial charge is 0.497 e. The average molecular weight is 234 g/mol. The molecule has 1 atom stereocenters. The van der Waals surface area contributed by atoms with Gasteiger partial charge in [0.2, 0.25) is 0 Å². The first-order chi connectivity index (χ1) is 8.28. The molecule has 1 aliphatic rings. The van der Waals surface area contributed by atoms with Crippen LogP contribution in [0.4, 0.5) is 0 Å². The molecule has 3 N–H and O–H groups in total. The van der Waals surface area contributed by atoms with Gasteiger partial charge in [0.15, 0.2) is 0 Å². The van der Waals surface area contributed by atoms with Gasteiger partial charge in [-0.1, -0.05) is 12.1 Å². The molecule has 1 fully saturated rings. The van der Waals surface area contributed by atoms with Crippen molar-refractivity contribution in [2.45, 2.75) is 31.2 Å². The number of rotatable bonds is 5. The molecule has 2 rings (SSSR count). The van der Waals surface area contributed by atoms with Crippen molar-refractivity contribution in [3.8, 4) is 5.75 Å². The van der Waals surface area contributed by atoms with E-state index in [4.69, 9.17) is 10.5 Å². The third-order valence-electron chi connectivity index (χ3n) is 3.77. The van der Waals surface area contributed by atoms with E-state index in [1.165, 1.54) is 18.4 Å². The Balaban J connectivity index is 1.92. The maximum absolute atomic E-state index is 5.90. The first kappa shape index (κ1) is 12.4. The van der Waals surface area contributed by atoms with Crippen LogP contribution in [-0.2, 0) is 6.42 Å². The van der Waals surface area contributed by atoms with E-state index in [-0.39, 0.29) is 5.54 Å². The summed E-state index contributed by atoms with van der Waals surface area (Å²) in [6, 6.07) is 8.31. The number of hydrogen-bond acceptors (Lipinski definition) is 3. The smallest absolute Gasteiger partial charge is 0.118 e. The van der Waals surface area contributed by atoms with Crippen LogP contribution < -0.4 is 15.8 Å². The Morgan fingerprint density at radius 2 is 2.12 bits per heavy atom. The Labute approximate surface area is 103 Å². The minimum atomic E-state index is 0.180. The number of methoxy groups -OCH3 is 1. The molecular formula is C14H22N2O. The summed E-state index contributed by atoms with van der Waals surface area (Å²) in [5.74, 6) is 0.918. The van der Waals surface area contributed by atoms with E-state index in [0.29, 0.717) is 0 Å². The van der Waals surface area contributed by atoms with E-state index < -0.39 is 0 Å². The lowest BCUT2D eigenvalue weighted by Gasteiger charge is -2.27. The SMILES string of the molecule is COc1ccc(CCC2(CN)CCCN2)cc1. The molecule has 1 aliphatic heterocycles. The van der Waals surface area contributed by atoms with Gasteiger partial charge in [-0.2, -0.15) is 0 Å². The summed E-state index contributed by atoms with van der Waals surface area (Å²) in [4.78, 5) is 0. The Morgan fingerprint density at radius 3 is 2.65 bits per heavy atom. The summed E-state index contributed by atoms with van der Waals surface area (Å²) in [6.45, 7) is 1.85. The molecule has 1 aromatic carbocycles. The normalized spacial score (nSPS) is 23.9. The highest BCUT2D eigenvalue weighted by molar-refractivity contribution is 5.27. The van der Waals surface area contributed by atoms with Crippen LogP contribution in [0.2, 0.25) is 0 Å². The van der Waals surface area contributed by atoms with Crippen LogP contribution in [0, 0.1) is 0 Å². The predicted molar refractivity (Wildman–Crippen MR) is 70.3 cm³/mol. The van der Waals surface area contributed by atoms with E-state index in [0.717, 1.165) is 31.7 Å². The predicted octanol–water partition coefficient (Wildman–Crippen LogP) is 1.71. The molecule has 0 amide bonds. The summed E-state index contributed by atoms with van der Waals surface area (Å²) in [7, 11) is 1.70. The van der Waals surface area contributed by atoms with Crippen molar-refractivity contribution >= 4 is 0 Å². The van der Waals surface area contributed by atoms with Gasteiger partial charge in [0, 0.05) is 12.1 Å². The third kappa shape index (κ3) is 2.99. The first-order valence-electron chi connectivity index (χ1n) is 6.36. The molecule has 0 spiro atoms. The Hall–Kier alpha value is -1.06. The molecule has 0 aliphatic carbocycles. The average Bonchev–Trinajstić information content (AvgIpc) is 2.86. The number of ether oxygens (including phenoxy) is 1. The van der Waals surface area contributed by atoms with Crippen molar-refractivity contribution in [2.75, 3.05) is 20.2 Å². The molecule has 1 aromatic rings. The molecule has 17 heavy (non-hydrogen) atoms. The van der Waals surface area contributed by atoms with Crippen molar-refractivity contribution in [1.82, 2.24) is 5.32 Å². The highest BCUT2D eigenvalue weighted by Crippen LogP contribution is 2.24. The number of hydrogen-bond donors (Lipinski definition) is 2. The lowest BCUT2D eigenvalue weighted by molar-refractivity contribution is 0.358. The summed E-state index contributed by atoms with van der Waals surface area (Å²) in [6.07, 6.45) is 4.66. The molecule has 1 unspecified atom stereocenters. The third-order valence-corrected chi connectivity index (χ3v) is 3.77. The standard InChI is InChI=1S/C14H22N2O/c1-17-13-5-3-12(4-6-13)7-9-14(11-15)8-2-10-16-14/h3-6,16H,2,7-11,15H2,1H3. The number of nitrogens with one attached hydrogen (secondary N) is 1. The minimum Gasteiger partial charge on any atom is -0.497 e. The molecular weight excluding hydrogens is 212 g/mol. The summed E-state index contributed by atoms with van der Waals surface area (Å²) in [5, 5.41) is 3.56. The summed E-state index contributed by atoms with van der Waals surface area (Å²) >= 11 is 0. The highest BCUT2D eigenvalue weighted by atomic mass is 16.5. The molecule has 0 bridgehead atoms. The topological polar surface area (TPSA) is 47.3 Å². The number of benzene rings is 1. The van der Waals surface area contributed by atoms with Crippen LogP contribution in [0.15, 0.2) is 24.3 Å². The van der Waals surface area contributed by atoms with Crippen molar-refractivity contribution < 1.29 is 4.74 Å². The van der Waals surface area contributed by atoms with Crippen molar-refractivity contribution in [3.63, 3.8) is 0 Å². The zero-order chi connectivity index (χ0) is 12.1. The molecule has 0 saturated carbocycles. The van der Waals surface area contributed by atoms with Gasteiger partial charge in [0.05, 0.1) is 7.11 Å². The fourth-order valence-corrected chi connectivity index (χ4v) is 2.53. The lowest BCUT2D eigenvalue weighted by atomic mass is 9.90. The second-order valence-corrected chi connectivity index (χ2v) is 4.86. The lowest BCUT2D eigenvalue weighted by Crippen LogP contribution is -2.46. The van der Waals surface area contributed by atoms with Crippen LogP contribution in [0.25, 0.3) is 0 Å². The van der Waals surface area contributed by atoms with Crippen molar-refractivity contribution in [3.05, 3.63) is 29.8 Å². The van der Waals surface area contributed by atoms with E-state index >= 15 is 0 Å². The first-order valence-corrected chi connectivity index (χ1v) is 6.36. The molecule has 3 nitrogen and oxygen atoms in total. The number of aryl methyl sites for hydroxylation is 1. The van der Waals surface area contributed by atoms with Gasteiger partial charge in [-0.25, -0.2) is 0 Å². The van der Waals surface area contributed by atoms with Gasteiger partial charge in [-0.3, -0.25) is 0 Å². The second kappa shape index (κ2) is 5.52. The summed E-state index contributed by atoms with van der Waals surface area (Å²) in [5.41, 5.74) is 7.43. The molecule has 3 heteroatoms. The fourth-order valence-electron chi connectivity index (χ4n) is 2.53.